The molecule has 0 bridgehead atoms. The molecule has 0 fully saturated rings. The van der Waals surface area contributed by atoms with Crippen LogP contribution in [0, 0.1) is 17.2 Å². The molecule has 1 aliphatic rings. The Morgan fingerprint density at radius 2 is 1.73 bits per heavy atom. The van der Waals surface area contributed by atoms with Crippen molar-refractivity contribution in [1.82, 2.24) is 0 Å². The van der Waals surface area contributed by atoms with Gasteiger partial charge in [0.25, 0.3) is 0 Å². The summed E-state index contributed by atoms with van der Waals surface area (Å²) < 4.78 is 5.11. The number of esters is 1. The molecule has 22 heavy (non-hydrogen) atoms. The third kappa shape index (κ3) is 2.49. The van der Waals surface area contributed by atoms with E-state index in [0.717, 1.165) is 20.9 Å². The van der Waals surface area contributed by atoms with E-state index < -0.39 is 11.9 Å². The second-order valence-corrected chi connectivity index (χ2v) is 6.10. The van der Waals surface area contributed by atoms with Crippen LogP contribution in [0.2, 0.25) is 0 Å². The summed E-state index contributed by atoms with van der Waals surface area (Å²) in [4.78, 5) is 14.4. The van der Waals surface area contributed by atoms with E-state index in [4.69, 9.17) is 4.74 Å². The number of nitriles is 1. The molecule has 4 heteroatoms. The molecule has 3 rings (SSSR count). The van der Waals surface area contributed by atoms with Gasteiger partial charge in [-0.2, -0.15) is 5.26 Å². The van der Waals surface area contributed by atoms with Gasteiger partial charge >= 0.3 is 5.97 Å². The second-order valence-electron chi connectivity index (χ2n) is 5.01. The summed E-state index contributed by atoms with van der Waals surface area (Å²) in [7, 11) is 0. The number of carbonyl (C=O) groups is 1. The Kier molecular flexibility index (Phi) is 4.17. The lowest BCUT2D eigenvalue weighted by Gasteiger charge is -2.29. The van der Waals surface area contributed by atoms with Crippen LogP contribution in [-0.4, -0.2) is 12.6 Å². The number of nitrogens with zero attached hydrogens (tertiary/aromatic N) is 1. The highest BCUT2D eigenvalue weighted by Gasteiger charge is 2.37. The van der Waals surface area contributed by atoms with Crippen LogP contribution in [0.3, 0.4) is 0 Å². The Balaban J connectivity index is 2.14. The lowest BCUT2D eigenvalue weighted by molar-refractivity contribution is -0.146. The molecule has 3 nitrogen and oxygen atoms in total. The molecule has 0 amide bonds. The quantitative estimate of drug-likeness (QED) is 0.805. The fourth-order valence-electron chi connectivity index (χ4n) is 2.80. The van der Waals surface area contributed by atoms with Gasteiger partial charge in [-0.05, 0) is 30.2 Å². The fourth-order valence-corrected chi connectivity index (χ4v) is 3.96. The molecule has 2 aromatic carbocycles. The average molecular weight is 309 g/mol. The Morgan fingerprint density at radius 3 is 2.23 bits per heavy atom. The lowest BCUT2D eigenvalue weighted by Crippen LogP contribution is -2.26. The van der Waals surface area contributed by atoms with Crippen molar-refractivity contribution in [2.45, 2.75) is 22.6 Å². The average Bonchev–Trinajstić information content (AvgIpc) is 2.55. The molecule has 0 saturated carbocycles. The normalized spacial score (nSPS) is 14.4. The summed E-state index contributed by atoms with van der Waals surface area (Å²) in [5.41, 5.74) is 2.04. The van der Waals surface area contributed by atoms with E-state index in [1.54, 1.807) is 18.7 Å². The molecule has 1 aliphatic heterocycles. The molecule has 0 spiro atoms. The number of benzene rings is 2. The fraction of sp³-hybridized carbons (Fsp3) is 0.222. The van der Waals surface area contributed by atoms with Crippen LogP contribution in [0.15, 0.2) is 58.3 Å². The summed E-state index contributed by atoms with van der Waals surface area (Å²) in [6.07, 6.45) is 0. The molecule has 1 unspecified atom stereocenters. The zero-order chi connectivity index (χ0) is 15.5. The molecule has 110 valence electrons. The third-order valence-corrected chi connectivity index (χ3v) is 4.92. The minimum Gasteiger partial charge on any atom is -0.465 e. The van der Waals surface area contributed by atoms with Gasteiger partial charge in [-0.3, -0.25) is 4.79 Å². The second kappa shape index (κ2) is 6.25. The Bertz CT molecular complexity index is 705. The standard InChI is InChI=1S/C18H15NO2S/c1-2-21-18(20)14(11-19)17-12-7-3-5-9-15(12)22-16-10-6-4-8-13(16)17/h3-10,14,17H,2H2,1H3. The first-order chi connectivity index (χ1) is 10.8. The predicted molar refractivity (Wildman–Crippen MR) is 84.6 cm³/mol. The summed E-state index contributed by atoms with van der Waals surface area (Å²) >= 11 is 1.68. The van der Waals surface area contributed by atoms with Crippen molar-refractivity contribution >= 4 is 17.7 Å². The minimum absolute atomic E-state index is 0.280. The molecule has 0 N–H and O–H groups in total. The molecule has 0 aliphatic carbocycles. The van der Waals surface area contributed by atoms with E-state index >= 15 is 0 Å². The van der Waals surface area contributed by atoms with Crippen molar-refractivity contribution in [1.29, 1.82) is 5.26 Å². The number of fused-ring (bicyclic) bond motifs is 2. The number of ether oxygens (including phenoxy) is 1. The van der Waals surface area contributed by atoms with Gasteiger partial charge in [-0.25, -0.2) is 0 Å². The van der Waals surface area contributed by atoms with Crippen molar-refractivity contribution in [3.8, 4) is 6.07 Å². The maximum Gasteiger partial charge on any atom is 0.324 e. The van der Waals surface area contributed by atoms with Crippen LogP contribution in [0.5, 0.6) is 0 Å². The predicted octanol–water partition coefficient (Wildman–Crippen LogP) is 3.99. The first-order valence-electron chi connectivity index (χ1n) is 7.18. The zero-order valence-electron chi connectivity index (χ0n) is 12.2. The third-order valence-electron chi connectivity index (χ3n) is 3.74. The van der Waals surface area contributed by atoms with Crippen LogP contribution in [0.4, 0.5) is 0 Å². The first-order valence-corrected chi connectivity index (χ1v) is 8.00. The van der Waals surface area contributed by atoms with Gasteiger partial charge in [0.2, 0.25) is 0 Å². The molecule has 1 atom stereocenters. The van der Waals surface area contributed by atoms with E-state index in [2.05, 4.69) is 6.07 Å². The van der Waals surface area contributed by atoms with Crippen molar-refractivity contribution in [2.75, 3.05) is 6.61 Å². The largest absolute Gasteiger partial charge is 0.465 e. The zero-order valence-corrected chi connectivity index (χ0v) is 13.0. The molecule has 0 saturated heterocycles. The van der Waals surface area contributed by atoms with Gasteiger partial charge in [-0.1, -0.05) is 48.2 Å². The molecular formula is C18H15NO2S. The summed E-state index contributed by atoms with van der Waals surface area (Å²) in [6, 6.07) is 18.0. The summed E-state index contributed by atoms with van der Waals surface area (Å²) in [5, 5.41) is 9.57. The maximum atomic E-state index is 12.2. The van der Waals surface area contributed by atoms with Gasteiger partial charge in [0.15, 0.2) is 5.92 Å². The van der Waals surface area contributed by atoms with Gasteiger partial charge in [0.1, 0.15) is 0 Å². The number of carbonyl (C=O) groups excluding carboxylic acids is 1. The van der Waals surface area contributed by atoms with E-state index in [1.807, 2.05) is 48.5 Å². The van der Waals surface area contributed by atoms with E-state index in [9.17, 15) is 10.1 Å². The minimum atomic E-state index is -0.830. The van der Waals surface area contributed by atoms with Gasteiger partial charge < -0.3 is 4.74 Å². The number of rotatable bonds is 3. The highest BCUT2D eigenvalue weighted by atomic mass is 32.2. The molecule has 1 heterocycles. The molecule has 2 aromatic rings. The van der Waals surface area contributed by atoms with Gasteiger partial charge in [0, 0.05) is 15.7 Å². The van der Waals surface area contributed by atoms with Crippen LogP contribution < -0.4 is 0 Å². The summed E-state index contributed by atoms with van der Waals surface area (Å²) in [6.45, 7) is 2.03. The Labute approximate surface area is 133 Å². The maximum absolute atomic E-state index is 12.2. The van der Waals surface area contributed by atoms with Gasteiger partial charge in [0.05, 0.1) is 12.7 Å². The van der Waals surface area contributed by atoms with Crippen LogP contribution >= 0.6 is 11.8 Å². The van der Waals surface area contributed by atoms with Crippen molar-refractivity contribution in [3.63, 3.8) is 0 Å². The highest BCUT2D eigenvalue weighted by molar-refractivity contribution is 7.99. The number of hydrogen-bond donors (Lipinski definition) is 0. The van der Waals surface area contributed by atoms with E-state index in [1.165, 1.54) is 0 Å². The highest BCUT2D eigenvalue weighted by Crippen LogP contribution is 2.48. The Hall–Kier alpha value is -2.25. The molecule has 0 aromatic heterocycles. The smallest absolute Gasteiger partial charge is 0.324 e. The van der Waals surface area contributed by atoms with Crippen LogP contribution in [-0.2, 0) is 9.53 Å². The van der Waals surface area contributed by atoms with Crippen molar-refractivity contribution < 1.29 is 9.53 Å². The lowest BCUT2D eigenvalue weighted by atomic mass is 9.81. The topological polar surface area (TPSA) is 50.1 Å². The molecular weight excluding hydrogens is 294 g/mol. The van der Waals surface area contributed by atoms with E-state index in [0.29, 0.717) is 0 Å². The summed E-state index contributed by atoms with van der Waals surface area (Å²) in [5.74, 6) is -1.56. The van der Waals surface area contributed by atoms with Crippen molar-refractivity contribution in [3.05, 3.63) is 59.7 Å². The first kappa shape index (κ1) is 14.7. The SMILES string of the molecule is CCOC(=O)C(C#N)C1c2ccccc2Sc2ccccc21. The van der Waals surface area contributed by atoms with Crippen LogP contribution in [0.1, 0.15) is 24.0 Å². The van der Waals surface area contributed by atoms with Crippen molar-refractivity contribution in [2.24, 2.45) is 5.92 Å². The number of hydrogen-bond acceptors (Lipinski definition) is 4. The van der Waals surface area contributed by atoms with Crippen LogP contribution in [0.25, 0.3) is 0 Å². The van der Waals surface area contributed by atoms with Gasteiger partial charge in [-0.15, -0.1) is 0 Å². The van der Waals surface area contributed by atoms with E-state index in [-0.39, 0.29) is 12.5 Å². The Morgan fingerprint density at radius 1 is 1.18 bits per heavy atom. The monoisotopic (exact) mass is 309 g/mol. The molecule has 0 radical (unpaired) electrons.